The minimum atomic E-state index is -3.60. The zero-order chi connectivity index (χ0) is 25.4. The van der Waals surface area contributed by atoms with Crippen LogP contribution in [0.2, 0.25) is 0 Å². The number of hydrogen-bond acceptors (Lipinski definition) is 8. The van der Waals surface area contributed by atoms with Crippen LogP contribution in [0.1, 0.15) is 25.6 Å². The van der Waals surface area contributed by atoms with Crippen LogP contribution < -0.4 is 0 Å². The van der Waals surface area contributed by atoms with E-state index in [0.717, 1.165) is 9.82 Å². The van der Waals surface area contributed by atoms with Crippen LogP contribution in [-0.4, -0.2) is 68.2 Å². The molecule has 2 aromatic heterocycles. The SMILES string of the molecule is CCn1c(COC(=O)C2CCN(S(=O)(=O)c3cccs3)CC2)nc2cc(S(=O)(=O)N(C)C)ccc21. The van der Waals surface area contributed by atoms with Crippen LogP contribution in [0.5, 0.6) is 0 Å². The van der Waals surface area contributed by atoms with Gasteiger partial charge in [0.2, 0.25) is 10.0 Å². The minimum Gasteiger partial charge on any atom is -0.457 e. The second-order valence-corrected chi connectivity index (χ2v) is 13.7. The van der Waals surface area contributed by atoms with E-state index in [1.165, 1.54) is 35.8 Å². The van der Waals surface area contributed by atoms with Gasteiger partial charge in [0.1, 0.15) is 16.6 Å². The van der Waals surface area contributed by atoms with Gasteiger partial charge >= 0.3 is 5.97 Å². The zero-order valence-corrected chi connectivity index (χ0v) is 22.2. The molecule has 1 aromatic carbocycles. The fraction of sp³-hybridized carbons (Fsp3) is 0.455. The molecule has 1 fully saturated rings. The minimum absolute atomic E-state index is 0.0508. The molecule has 1 saturated heterocycles. The van der Waals surface area contributed by atoms with Crippen molar-refractivity contribution >= 4 is 48.4 Å². The van der Waals surface area contributed by atoms with Gasteiger partial charge in [-0.2, -0.15) is 4.31 Å². The number of sulfonamides is 2. The maximum absolute atomic E-state index is 12.7. The molecule has 190 valence electrons. The Bertz CT molecular complexity index is 1420. The molecule has 3 heterocycles. The van der Waals surface area contributed by atoms with Crippen LogP contribution in [-0.2, 0) is 42.7 Å². The Morgan fingerprint density at radius 2 is 1.89 bits per heavy atom. The molecule has 0 unspecified atom stereocenters. The van der Waals surface area contributed by atoms with Crippen molar-refractivity contribution in [3.8, 4) is 0 Å². The zero-order valence-electron chi connectivity index (χ0n) is 19.7. The number of ether oxygens (including phenoxy) is 1. The van der Waals surface area contributed by atoms with E-state index < -0.39 is 20.0 Å². The summed E-state index contributed by atoms with van der Waals surface area (Å²) in [6.07, 6.45) is 0.777. The number of benzene rings is 1. The third kappa shape index (κ3) is 5.00. The van der Waals surface area contributed by atoms with Crippen molar-refractivity contribution in [2.75, 3.05) is 27.2 Å². The summed E-state index contributed by atoms with van der Waals surface area (Å²) in [5.41, 5.74) is 1.26. The first-order chi connectivity index (χ1) is 16.6. The van der Waals surface area contributed by atoms with E-state index in [9.17, 15) is 21.6 Å². The number of aromatic nitrogens is 2. The monoisotopic (exact) mass is 540 g/mol. The van der Waals surface area contributed by atoms with Crippen molar-refractivity contribution in [1.29, 1.82) is 0 Å². The lowest BCUT2D eigenvalue weighted by Crippen LogP contribution is -2.40. The average Bonchev–Trinajstić information content (AvgIpc) is 3.50. The van der Waals surface area contributed by atoms with E-state index in [1.54, 1.807) is 29.6 Å². The van der Waals surface area contributed by atoms with Crippen molar-refractivity contribution in [2.45, 2.75) is 42.0 Å². The van der Waals surface area contributed by atoms with Crippen LogP contribution in [0.25, 0.3) is 11.0 Å². The molecule has 13 heteroatoms. The Kier molecular flexibility index (Phi) is 7.34. The third-order valence-corrected chi connectivity index (χ3v) is 11.2. The number of aryl methyl sites for hydroxylation is 1. The first-order valence-electron chi connectivity index (χ1n) is 11.2. The quantitative estimate of drug-likeness (QED) is 0.403. The maximum Gasteiger partial charge on any atom is 0.309 e. The van der Waals surface area contributed by atoms with E-state index in [4.69, 9.17) is 4.74 Å². The highest BCUT2D eigenvalue weighted by molar-refractivity contribution is 7.91. The molecule has 1 aliphatic rings. The van der Waals surface area contributed by atoms with Crippen LogP contribution >= 0.6 is 11.3 Å². The summed E-state index contributed by atoms with van der Waals surface area (Å²) in [6.45, 7) is 2.97. The molecule has 0 N–H and O–H groups in total. The van der Waals surface area contributed by atoms with Gasteiger partial charge in [0.05, 0.1) is 21.8 Å². The van der Waals surface area contributed by atoms with Crippen molar-refractivity contribution in [2.24, 2.45) is 5.92 Å². The van der Waals surface area contributed by atoms with Gasteiger partial charge < -0.3 is 9.30 Å². The number of piperidine rings is 1. The number of thiophene rings is 1. The molecule has 3 aromatic rings. The molecular formula is C22H28N4O6S3. The van der Waals surface area contributed by atoms with E-state index in [-0.39, 0.29) is 36.5 Å². The molecule has 1 aliphatic heterocycles. The molecule has 0 saturated carbocycles. The van der Waals surface area contributed by atoms with Gasteiger partial charge in [0, 0.05) is 33.7 Å². The van der Waals surface area contributed by atoms with Crippen LogP contribution in [0.15, 0.2) is 44.8 Å². The molecule has 0 aliphatic carbocycles. The molecule has 10 nitrogen and oxygen atoms in total. The lowest BCUT2D eigenvalue weighted by Gasteiger charge is -2.29. The predicted octanol–water partition coefficient (Wildman–Crippen LogP) is 2.51. The molecule has 0 radical (unpaired) electrons. The summed E-state index contributed by atoms with van der Waals surface area (Å²) in [7, 11) is -4.18. The fourth-order valence-corrected chi connectivity index (χ4v) is 7.65. The van der Waals surface area contributed by atoms with Gasteiger partial charge in [0.25, 0.3) is 10.0 Å². The smallest absolute Gasteiger partial charge is 0.309 e. The highest BCUT2D eigenvalue weighted by Crippen LogP contribution is 2.27. The number of rotatable bonds is 8. The van der Waals surface area contributed by atoms with E-state index >= 15 is 0 Å². The van der Waals surface area contributed by atoms with Gasteiger partial charge in [-0.15, -0.1) is 11.3 Å². The van der Waals surface area contributed by atoms with Gasteiger partial charge in [0.15, 0.2) is 0 Å². The lowest BCUT2D eigenvalue weighted by atomic mass is 9.98. The predicted molar refractivity (Wildman–Crippen MR) is 132 cm³/mol. The van der Waals surface area contributed by atoms with E-state index in [0.29, 0.717) is 34.9 Å². The number of carbonyl (C=O) groups excluding carboxylic acids is 1. The molecule has 0 bridgehead atoms. The van der Waals surface area contributed by atoms with Gasteiger partial charge in [-0.3, -0.25) is 4.79 Å². The second kappa shape index (κ2) is 9.97. The molecule has 4 rings (SSSR count). The Morgan fingerprint density at radius 1 is 1.17 bits per heavy atom. The average molecular weight is 541 g/mol. The Balaban J connectivity index is 1.42. The van der Waals surface area contributed by atoms with Crippen LogP contribution in [0.4, 0.5) is 0 Å². The highest BCUT2D eigenvalue weighted by Gasteiger charge is 2.33. The molecular weight excluding hydrogens is 512 g/mol. The van der Waals surface area contributed by atoms with Crippen LogP contribution in [0, 0.1) is 5.92 Å². The van der Waals surface area contributed by atoms with E-state index in [2.05, 4.69) is 4.98 Å². The first kappa shape index (κ1) is 25.8. The van der Waals surface area contributed by atoms with Crippen molar-refractivity contribution in [3.63, 3.8) is 0 Å². The summed E-state index contributed by atoms with van der Waals surface area (Å²) in [4.78, 5) is 17.4. The molecule has 0 amide bonds. The number of fused-ring (bicyclic) bond motifs is 1. The van der Waals surface area contributed by atoms with E-state index in [1.807, 2.05) is 11.5 Å². The summed E-state index contributed by atoms with van der Waals surface area (Å²) in [5.74, 6) is -0.252. The lowest BCUT2D eigenvalue weighted by molar-refractivity contribution is -0.151. The second-order valence-electron chi connectivity index (χ2n) is 8.43. The Hall–Kier alpha value is -2.32. The van der Waals surface area contributed by atoms with Crippen molar-refractivity contribution in [3.05, 3.63) is 41.5 Å². The number of imidazole rings is 1. The highest BCUT2D eigenvalue weighted by atomic mass is 32.2. The molecule has 35 heavy (non-hydrogen) atoms. The summed E-state index contributed by atoms with van der Waals surface area (Å²) in [5, 5.41) is 1.72. The standard InChI is InChI=1S/C22H28N4O6S3/c1-4-26-19-8-7-17(34(28,29)24(2)3)14-18(19)23-20(26)15-32-22(27)16-9-11-25(12-10-16)35(30,31)21-6-5-13-33-21/h5-8,13-14,16H,4,9-12,15H2,1-3H3. The fourth-order valence-electron chi connectivity index (χ4n) is 4.12. The third-order valence-electron chi connectivity index (χ3n) is 6.11. The molecule has 0 spiro atoms. The topological polar surface area (TPSA) is 119 Å². The molecule has 0 atom stereocenters. The van der Waals surface area contributed by atoms with Gasteiger partial charge in [-0.25, -0.2) is 26.1 Å². The number of nitrogens with zero attached hydrogens (tertiary/aromatic N) is 4. The number of esters is 1. The Morgan fingerprint density at radius 3 is 2.49 bits per heavy atom. The van der Waals surface area contributed by atoms with Gasteiger partial charge in [-0.05, 0) is 49.4 Å². The summed E-state index contributed by atoms with van der Waals surface area (Å²) >= 11 is 1.18. The maximum atomic E-state index is 12.7. The van der Waals surface area contributed by atoms with Gasteiger partial charge in [-0.1, -0.05) is 6.07 Å². The van der Waals surface area contributed by atoms with Crippen molar-refractivity contribution in [1.82, 2.24) is 18.2 Å². The normalized spacial score (nSPS) is 16.2. The van der Waals surface area contributed by atoms with Crippen molar-refractivity contribution < 1.29 is 26.4 Å². The largest absolute Gasteiger partial charge is 0.457 e. The summed E-state index contributed by atoms with van der Waals surface area (Å²) < 4.78 is 60.6. The first-order valence-corrected chi connectivity index (χ1v) is 14.9. The number of hydrogen-bond donors (Lipinski definition) is 0. The summed E-state index contributed by atoms with van der Waals surface area (Å²) in [6, 6.07) is 8.05. The number of carbonyl (C=O) groups is 1. The van der Waals surface area contributed by atoms with Crippen LogP contribution in [0.3, 0.4) is 0 Å². The Labute approximate surface area is 209 Å².